The van der Waals surface area contributed by atoms with Crippen molar-refractivity contribution in [3.63, 3.8) is 0 Å². The molecule has 5 nitrogen and oxygen atoms in total. The van der Waals surface area contributed by atoms with Crippen LogP contribution in [-0.4, -0.2) is 20.2 Å². The fraction of sp³-hybridized carbons (Fsp3) is 0.462. The van der Waals surface area contributed by atoms with Crippen molar-refractivity contribution in [2.45, 2.75) is 32.2 Å². The van der Waals surface area contributed by atoms with Gasteiger partial charge in [0, 0.05) is 5.56 Å². The lowest BCUT2D eigenvalue weighted by Gasteiger charge is -2.17. The predicted octanol–water partition coefficient (Wildman–Crippen LogP) is 2.94. The van der Waals surface area contributed by atoms with E-state index in [4.69, 9.17) is 17.3 Å². The molecule has 2 unspecified atom stereocenters. The van der Waals surface area contributed by atoms with Gasteiger partial charge in [-0.1, -0.05) is 31.0 Å². The molecule has 3 rings (SSSR count). The summed E-state index contributed by atoms with van der Waals surface area (Å²) >= 11 is 6.27. The van der Waals surface area contributed by atoms with Crippen LogP contribution in [0.3, 0.4) is 0 Å². The van der Waals surface area contributed by atoms with Gasteiger partial charge in [-0.2, -0.15) is 0 Å². The van der Waals surface area contributed by atoms with Gasteiger partial charge in [-0.15, -0.1) is 5.10 Å². The lowest BCUT2D eigenvalue weighted by atomic mass is 10.1. The quantitative estimate of drug-likeness (QED) is 0.857. The number of aromatic nitrogens is 4. The molecular weight excluding hydrogens is 262 g/mol. The molecule has 0 saturated heterocycles. The van der Waals surface area contributed by atoms with E-state index in [1.165, 1.54) is 12.8 Å². The molecule has 0 aliphatic heterocycles. The van der Waals surface area contributed by atoms with E-state index < -0.39 is 0 Å². The second kappa shape index (κ2) is 4.81. The Morgan fingerprint density at radius 1 is 1.37 bits per heavy atom. The summed E-state index contributed by atoms with van der Waals surface area (Å²) in [6.45, 7) is 2.24. The summed E-state index contributed by atoms with van der Waals surface area (Å²) in [4.78, 5) is 0. The van der Waals surface area contributed by atoms with Gasteiger partial charge in [0.15, 0.2) is 5.82 Å². The number of hydrogen-bond acceptors (Lipinski definition) is 4. The highest BCUT2D eigenvalue weighted by molar-refractivity contribution is 6.35. The fourth-order valence-corrected chi connectivity index (χ4v) is 3.02. The van der Waals surface area contributed by atoms with E-state index in [0.29, 0.717) is 28.5 Å². The van der Waals surface area contributed by atoms with Crippen LogP contribution in [-0.2, 0) is 0 Å². The number of tetrazole rings is 1. The minimum Gasteiger partial charge on any atom is -0.398 e. The van der Waals surface area contributed by atoms with E-state index >= 15 is 0 Å². The summed E-state index contributed by atoms with van der Waals surface area (Å²) < 4.78 is 1.90. The van der Waals surface area contributed by atoms with E-state index in [-0.39, 0.29) is 0 Å². The zero-order valence-electron chi connectivity index (χ0n) is 10.8. The number of rotatable bonds is 2. The van der Waals surface area contributed by atoms with Crippen molar-refractivity contribution in [1.82, 2.24) is 20.2 Å². The van der Waals surface area contributed by atoms with E-state index in [2.05, 4.69) is 22.4 Å². The SMILES string of the molecule is CC1CCCC1n1nnnc1-c1cccc(N)c1Cl. The molecule has 0 bridgehead atoms. The largest absolute Gasteiger partial charge is 0.398 e. The highest BCUT2D eigenvalue weighted by Gasteiger charge is 2.29. The van der Waals surface area contributed by atoms with Gasteiger partial charge in [0.05, 0.1) is 16.8 Å². The van der Waals surface area contributed by atoms with Crippen LogP contribution in [0.25, 0.3) is 11.4 Å². The first-order valence-corrected chi connectivity index (χ1v) is 6.88. The minimum absolute atomic E-state index is 0.350. The molecule has 0 spiro atoms. The number of anilines is 1. The maximum Gasteiger partial charge on any atom is 0.183 e. The maximum atomic E-state index is 6.27. The molecule has 0 amide bonds. The van der Waals surface area contributed by atoms with Crippen LogP contribution in [0.2, 0.25) is 5.02 Å². The first-order valence-electron chi connectivity index (χ1n) is 6.50. The normalized spacial score (nSPS) is 22.8. The van der Waals surface area contributed by atoms with Crippen molar-refractivity contribution in [3.05, 3.63) is 23.2 Å². The second-order valence-electron chi connectivity index (χ2n) is 5.13. The number of nitrogen functional groups attached to an aromatic ring is 1. The Labute approximate surface area is 116 Å². The van der Waals surface area contributed by atoms with Gasteiger partial charge in [0.1, 0.15) is 0 Å². The Hall–Kier alpha value is -1.62. The van der Waals surface area contributed by atoms with Crippen molar-refractivity contribution >= 4 is 17.3 Å². The molecule has 1 aliphatic rings. The molecule has 2 aromatic rings. The second-order valence-corrected chi connectivity index (χ2v) is 5.51. The highest BCUT2D eigenvalue weighted by Crippen LogP contribution is 2.38. The van der Waals surface area contributed by atoms with E-state index in [0.717, 1.165) is 12.0 Å². The van der Waals surface area contributed by atoms with Gasteiger partial charge in [0.25, 0.3) is 0 Å². The van der Waals surface area contributed by atoms with Crippen molar-refractivity contribution in [2.24, 2.45) is 5.92 Å². The highest BCUT2D eigenvalue weighted by atomic mass is 35.5. The van der Waals surface area contributed by atoms with Crippen LogP contribution < -0.4 is 5.73 Å². The number of benzene rings is 1. The maximum absolute atomic E-state index is 6.27. The Morgan fingerprint density at radius 3 is 2.95 bits per heavy atom. The number of nitrogens with two attached hydrogens (primary N) is 1. The van der Waals surface area contributed by atoms with Gasteiger partial charge in [-0.05, 0) is 41.3 Å². The number of halogens is 1. The smallest absolute Gasteiger partial charge is 0.183 e. The summed E-state index contributed by atoms with van der Waals surface area (Å²) in [5.74, 6) is 1.29. The van der Waals surface area contributed by atoms with Crippen LogP contribution >= 0.6 is 11.6 Å². The van der Waals surface area contributed by atoms with Gasteiger partial charge in [-0.3, -0.25) is 0 Å². The average molecular weight is 278 g/mol. The van der Waals surface area contributed by atoms with Crippen LogP contribution in [0.5, 0.6) is 0 Å². The van der Waals surface area contributed by atoms with Crippen molar-refractivity contribution in [3.8, 4) is 11.4 Å². The molecule has 19 heavy (non-hydrogen) atoms. The predicted molar refractivity (Wildman–Crippen MR) is 74.7 cm³/mol. The first-order chi connectivity index (χ1) is 9.18. The van der Waals surface area contributed by atoms with Crippen LogP contribution in [0, 0.1) is 5.92 Å². The molecule has 100 valence electrons. The molecule has 1 aromatic carbocycles. The zero-order valence-corrected chi connectivity index (χ0v) is 11.5. The van der Waals surface area contributed by atoms with Crippen molar-refractivity contribution in [1.29, 1.82) is 0 Å². The van der Waals surface area contributed by atoms with Gasteiger partial charge in [-0.25, -0.2) is 4.68 Å². The molecular formula is C13H16ClN5. The van der Waals surface area contributed by atoms with Crippen LogP contribution in [0.4, 0.5) is 5.69 Å². The molecule has 0 radical (unpaired) electrons. The van der Waals surface area contributed by atoms with Gasteiger partial charge in [0.2, 0.25) is 0 Å². The van der Waals surface area contributed by atoms with E-state index in [9.17, 15) is 0 Å². The molecule has 6 heteroatoms. The lowest BCUT2D eigenvalue weighted by molar-refractivity contribution is 0.370. The molecule has 1 saturated carbocycles. The number of hydrogen-bond donors (Lipinski definition) is 1. The van der Waals surface area contributed by atoms with E-state index in [1.807, 2.05) is 16.8 Å². The number of nitrogens with zero attached hydrogens (tertiary/aromatic N) is 4. The average Bonchev–Trinajstić information content (AvgIpc) is 3.01. The third kappa shape index (κ3) is 2.08. The van der Waals surface area contributed by atoms with Crippen molar-refractivity contribution < 1.29 is 0 Å². The minimum atomic E-state index is 0.350. The molecule has 1 fully saturated rings. The molecule has 1 heterocycles. The summed E-state index contributed by atoms with van der Waals surface area (Å²) in [7, 11) is 0. The summed E-state index contributed by atoms with van der Waals surface area (Å²) in [6.07, 6.45) is 3.55. The Morgan fingerprint density at radius 2 is 2.21 bits per heavy atom. The molecule has 2 atom stereocenters. The summed E-state index contributed by atoms with van der Waals surface area (Å²) in [5, 5.41) is 12.6. The fourth-order valence-electron chi connectivity index (χ4n) is 2.81. The summed E-state index contributed by atoms with van der Waals surface area (Å²) in [5.41, 5.74) is 7.19. The van der Waals surface area contributed by atoms with Crippen LogP contribution in [0.1, 0.15) is 32.2 Å². The summed E-state index contributed by atoms with van der Waals surface area (Å²) in [6, 6.07) is 5.90. The van der Waals surface area contributed by atoms with Crippen molar-refractivity contribution in [2.75, 3.05) is 5.73 Å². The lowest BCUT2D eigenvalue weighted by Crippen LogP contribution is -2.14. The standard InChI is InChI=1S/C13H16ClN5/c1-8-4-2-7-11(8)19-13(16-17-18-19)9-5-3-6-10(15)12(9)14/h3,5-6,8,11H,2,4,7,15H2,1H3. The Balaban J connectivity index is 2.07. The first kappa shape index (κ1) is 12.4. The monoisotopic (exact) mass is 277 g/mol. The Kier molecular flexibility index (Phi) is 3.14. The zero-order chi connectivity index (χ0) is 13.4. The third-order valence-electron chi connectivity index (χ3n) is 3.89. The third-order valence-corrected chi connectivity index (χ3v) is 4.31. The Bertz CT molecular complexity index is 594. The van der Waals surface area contributed by atoms with Gasteiger partial charge >= 0.3 is 0 Å². The molecule has 2 N–H and O–H groups in total. The van der Waals surface area contributed by atoms with Crippen LogP contribution in [0.15, 0.2) is 18.2 Å². The van der Waals surface area contributed by atoms with Gasteiger partial charge < -0.3 is 5.73 Å². The molecule has 1 aromatic heterocycles. The topological polar surface area (TPSA) is 69.6 Å². The molecule has 1 aliphatic carbocycles. The van der Waals surface area contributed by atoms with E-state index in [1.54, 1.807) is 6.07 Å².